The fraction of sp³-hybridized carbons (Fsp3) is 0.0476. The molecule has 0 aliphatic heterocycles. The first-order chi connectivity index (χ1) is 26.9. The van der Waals surface area contributed by atoms with Crippen LogP contribution in [0.3, 0.4) is 0 Å². The van der Waals surface area contributed by atoms with E-state index in [2.05, 4.69) is 31.1 Å². The van der Waals surface area contributed by atoms with Gasteiger partial charge in [0.15, 0.2) is 11.5 Å². The Hall–Kier alpha value is -6.04. The lowest BCUT2D eigenvalue weighted by Gasteiger charge is -2.16. The number of hydrogen-bond donors (Lipinski definition) is 4. The number of phenols is 2. The average molecular weight is 823 g/mol. The van der Waals surface area contributed by atoms with Crippen LogP contribution in [0.25, 0.3) is 21.5 Å². The van der Waals surface area contributed by atoms with Gasteiger partial charge in [-0.15, -0.1) is 20.5 Å². The molecule has 0 aliphatic carbocycles. The molecule has 7 aromatic rings. The zero-order chi connectivity index (χ0) is 39.7. The minimum atomic E-state index is -0.605. The summed E-state index contributed by atoms with van der Waals surface area (Å²) < 4.78 is 0. The Morgan fingerprint density at radius 2 is 0.911 bits per heavy atom. The number of hydrogen-bond acceptors (Lipinski definition) is 8. The second-order valence-electron chi connectivity index (χ2n) is 12.7. The third-order valence-electron chi connectivity index (χ3n) is 8.88. The summed E-state index contributed by atoms with van der Waals surface area (Å²) in [5.74, 6) is -1.98. The molecule has 56 heavy (non-hydrogen) atoms. The number of benzene rings is 7. The first kappa shape index (κ1) is 38.2. The van der Waals surface area contributed by atoms with Crippen molar-refractivity contribution in [1.82, 2.24) is 0 Å². The third kappa shape index (κ3) is 7.87. The van der Waals surface area contributed by atoms with Gasteiger partial charge in [-0.25, -0.2) is 0 Å². The number of rotatable bonds is 8. The molecule has 0 atom stereocenters. The van der Waals surface area contributed by atoms with Crippen LogP contribution < -0.4 is 10.6 Å². The predicted molar refractivity (Wildman–Crippen MR) is 224 cm³/mol. The van der Waals surface area contributed by atoms with Gasteiger partial charge in [-0.05, 0) is 96.4 Å². The van der Waals surface area contributed by atoms with E-state index in [0.29, 0.717) is 64.1 Å². The van der Waals surface area contributed by atoms with Crippen molar-refractivity contribution in [2.45, 2.75) is 13.8 Å². The maximum Gasteiger partial charge on any atom is 0.259 e. The Labute approximate surface area is 340 Å². The SMILES string of the molecule is Cc1cc(NC(=O)c2cc3ccccc3c(N=Nc3cc(Cl)ccc3Cl)c2O)c(C)cc1NC(=O)c1cc2ccccc2c(N=Nc2cc(Cl)ccc2Cl)c1O. The third-order valence-corrected chi connectivity index (χ3v) is 9.99. The molecule has 0 radical (unpaired) electrons. The van der Waals surface area contributed by atoms with Crippen LogP contribution in [0.4, 0.5) is 34.1 Å². The Balaban J connectivity index is 1.17. The van der Waals surface area contributed by atoms with Gasteiger partial charge >= 0.3 is 0 Å². The fourth-order valence-corrected chi connectivity index (χ4v) is 6.62. The number of fused-ring (bicyclic) bond motifs is 2. The van der Waals surface area contributed by atoms with Gasteiger partial charge in [-0.1, -0.05) is 94.9 Å². The zero-order valence-electron chi connectivity index (χ0n) is 29.4. The predicted octanol–water partition coefficient (Wildman–Crippen LogP) is 14.0. The van der Waals surface area contributed by atoms with Crippen molar-refractivity contribution in [1.29, 1.82) is 0 Å². The summed E-state index contributed by atoms with van der Waals surface area (Å²) in [6.45, 7) is 3.51. The van der Waals surface area contributed by atoms with Crippen LogP contribution in [-0.4, -0.2) is 22.0 Å². The van der Waals surface area contributed by atoms with E-state index in [1.165, 1.54) is 12.1 Å². The molecular formula is C42H28Cl4N6O4. The first-order valence-electron chi connectivity index (χ1n) is 16.8. The Morgan fingerprint density at radius 3 is 1.32 bits per heavy atom. The molecule has 2 amide bonds. The van der Waals surface area contributed by atoms with E-state index in [1.54, 1.807) is 111 Å². The number of halogens is 4. The highest BCUT2D eigenvalue weighted by atomic mass is 35.5. The molecule has 0 spiro atoms. The molecule has 0 fully saturated rings. The Kier molecular flexibility index (Phi) is 10.9. The van der Waals surface area contributed by atoms with Gasteiger partial charge in [0, 0.05) is 32.2 Å². The number of aromatic hydroxyl groups is 2. The minimum absolute atomic E-state index is 0.0401. The summed E-state index contributed by atoms with van der Waals surface area (Å²) in [4.78, 5) is 27.5. The van der Waals surface area contributed by atoms with Gasteiger partial charge in [-0.2, -0.15) is 0 Å². The van der Waals surface area contributed by atoms with Gasteiger partial charge in [0.05, 0.1) is 21.2 Å². The van der Waals surface area contributed by atoms with Crippen molar-refractivity contribution in [3.8, 4) is 11.5 Å². The van der Waals surface area contributed by atoms with Crippen LogP contribution in [0.1, 0.15) is 31.8 Å². The lowest BCUT2D eigenvalue weighted by molar-refractivity contribution is 0.101. The van der Waals surface area contributed by atoms with Crippen LogP contribution in [0.15, 0.2) is 130 Å². The number of carbonyl (C=O) groups is 2. The molecule has 0 heterocycles. The smallest absolute Gasteiger partial charge is 0.259 e. The lowest BCUT2D eigenvalue weighted by atomic mass is 10.0. The number of carbonyl (C=O) groups excluding carboxylic acids is 2. The van der Waals surface area contributed by atoms with E-state index >= 15 is 0 Å². The van der Waals surface area contributed by atoms with Crippen molar-refractivity contribution in [3.05, 3.63) is 152 Å². The first-order valence-corrected chi connectivity index (χ1v) is 18.4. The van der Waals surface area contributed by atoms with Crippen LogP contribution in [-0.2, 0) is 0 Å². The van der Waals surface area contributed by atoms with E-state index in [1.807, 2.05) is 0 Å². The Morgan fingerprint density at radius 1 is 0.518 bits per heavy atom. The number of phenolic OH excluding ortho intramolecular Hbond substituents is 2. The Bertz CT molecular complexity index is 2620. The van der Waals surface area contributed by atoms with Crippen molar-refractivity contribution in [2.75, 3.05) is 10.6 Å². The molecular weight excluding hydrogens is 794 g/mol. The van der Waals surface area contributed by atoms with Crippen LogP contribution in [0, 0.1) is 13.8 Å². The molecule has 0 aromatic heterocycles. The van der Waals surface area contributed by atoms with Gasteiger partial charge in [0.1, 0.15) is 22.7 Å². The molecule has 0 saturated heterocycles. The van der Waals surface area contributed by atoms with E-state index in [0.717, 1.165) is 0 Å². The topological polar surface area (TPSA) is 148 Å². The molecule has 7 aromatic carbocycles. The number of anilines is 2. The highest BCUT2D eigenvalue weighted by Gasteiger charge is 2.22. The largest absolute Gasteiger partial charge is 0.505 e. The van der Waals surface area contributed by atoms with Gasteiger partial charge in [0.25, 0.3) is 11.8 Å². The van der Waals surface area contributed by atoms with E-state index < -0.39 is 11.8 Å². The van der Waals surface area contributed by atoms with E-state index in [9.17, 15) is 19.8 Å². The second-order valence-corrected chi connectivity index (χ2v) is 14.4. The standard InChI is InChI=1S/C42H28Cl4N6O4/c1-21-15-34(48-42(56)30-18-24-8-4-6-10-28(24)38(40(30)54)52-50-36-20-26(44)12-14-32(36)46)22(2)16-33(21)47-41(55)29-17-23-7-3-5-9-27(23)37(39(29)53)51-49-35-19-25(43)11-13-31(35)45/h3-20,53-54H,1-2H3,(H,47,55)(H,48,56). The molecule has 7 rings (SSSR count). The van der Waals surface area contributed by atoms with Gasteiger partial charge in [-0.3, -0.25) is 9.59 Å². The molecule has 278 valence electrons. The number of azo groups is 2. The highest BCUT2D eigenvalue weighted by Crippen LogP contribution is 2.42. The summed E-state index contributed by atoms with van der Waals surface area (Å²) in [5.41, 5.74) is 2.72. The monoisotopic (exact) mass is 820 g/mol. The number of amides is 2. The van der Waals surface area contributed by atoms with Crippen molar-refractivity contribution >= 4 is 114 Å². The average Bonchev–Trinajstić information content (AvgIpc) is 3.18. The van der Waals surface area contributed by atoms with Crippen LogP contribution >= 0.6 is 46.4 Å². The van der Waals surface area contributed by atoms with Crippen LogP contribution in [0.2, 0.25) is 20.1 Å². The number of aryl methyl sites for hydroxylation is 2. The maximum atomic E-state index is 13.8. The van der Waals surface area contributed by atoms with Crippen LogP contribution in [0.5, 0.6) is 11.5 Å². The summed E-state index contributed by atoms with van der Waals surface area (Å²) >= 11 is 24.8. The molecule has 0 saturated carbocycles. The van der Waals surface area contributed by atoms with E-state index in [-0.39, 0.29) is 45.4 Å². The summed E-state index contributed by atoms with van der Waals surface area (Å²) in [7, 11) is 0. The molecule has 14 heteroatoms. The van der Waals surface area contributed by atoms with Crippen molar-refractivity contribution in [3.63, 3.8) is 0 Å². The molecule has 0 aliphatic rings. The summed E-state index contributed by atoms with van der Waals surface area (Å²) in [6, 6.07) is 30.2. The molecule has 10 nitrogen and oxygen atoms in total. The molecule has 0 unspecified atom stereocenters. The van der Waals surface area contributed by atoms with Gasteiger partial charge in [0.2, 0.25) is 0 Å². The lowest BCUT2D eigenvalue weighted by Crippen LogP contribution is -2.15. The minimum Gasteiger partial charge on any atom is -0.505 e. The zero-order valence-corrected chi connectivity index (χ0v) is 32.4. The molecule has 0 bridgehead atoms. The fourth-order valence-electron chi connectivity index (χ4n) is 5.98. The van der Waals surface area contributed by atoms with E-state index in [4.69, 9.17) is 46.4 Å². The quantitative estimate of drug-likeness (QED) is 0.113. The number of nitrogens with zero attached hydrogens (tertiary/aromatic N) is 4. The van der Waals surface area contributed by atoms with Crippen molar-refractivity contribution < 1.29 is 19.8 Å². The number of nitrogens with one attached hydrogen (secondary N) is 2. The van der Waals surface area contributed by atoms with Crippen molar-refractivity contribution in [2.24, 2.45) is 20.5 Å². The molecule has 4 N–H and O–H groups in total. The maximum absolute atomic E-state index is 13.8. The summed E-state index contributed by atoms with van der Waals surface area (Å²) in [6.07, 6.45) is 0. The normalized spacial score (nSPS) is 11.5. The second kappa shape index (κ2) is 16.0. The van der Waals surface area contributed by atoms with Gasteiger partial charge < -0.3 is 20.8 Å². The highest BCUT2D eigenvalue weighted by molar-refractivity contribution is 6.35. The summed E-state index contributed by atoms with van der Waals surface area (Å²) in [5, 5.41) is 49.3.